The van der Waals surface area contributed by atoms with E-state index < -0.39 is 0 Å². The number of aliphatic imine (C=N–C) groups is 1. The lowest BCUT2D eigenvalue weighted by molar-refractivity contribution is -0.113. The molecule has 0 saturated carbocycles. The Hall–Kier alpha value is -3.08. The van der Waals surface area contributed by atoms with E-state index in [1.165, 1.54) is 4.90 Å². The second-order valence-corrected chi connectivity index (χ2v) is 4.75. The molecule has 1 aliphatic heterocycles. The zero-order chi connectivity index (χ0) is 15.5. The van der Waals surface area contributed by atoms with Crippen LogP contribution in [-0.2, 0) is 4.79 Å². The van der Waals surface area contributed by atoms with E-state index >= 15 is 0 Å². The maximum Gasteiger partial charge on any atom is 0.283 e. The fourth-order valence-corrected chi connectivity index (χ4v) is 2.22. The number of hydrogen-bond donors (Lipinski definition) is 1. The molecule has 1 heterocycles. The highest BCUT2D eigenvalue weighted by molar-refractivity contribution is 6.27. The van der Waals surface area contributed by atoms with E-state index in [9.17, 15) is 4.79 Å². The van der Waals surface area contributed by atoms with Gasteiger partial charge in [0.05, 0.1) is 12.8 Å². The lowest BCUT2D eigenvalue weighted by Crippen LogP contribution is -2.37. The van der Waals surface area contributed by atoms with Crippen molar-refractivity contribution in [3.05, 3.63) is 65.9 Å². The predicted molar refractivity (Wildman–Crippen MR) is 86.5 cm³/mol. The van der Waals surface area contributed by atoms with Crippen LogP contribution in [0, 0.1) is 0 Å². The van der Waals surface area contributed by atoms with Gasteiger partial charge in [0, 0.05) is 0 Å². The number of hydrogen-bond acceptors (Lipinski definition) is 4. The largest absolute Gasteiger partial charge is 0.497 e. The standard InChI is InChI=1S/C17H15N3O2/c1-22-14-9-7-12(8-10-14)11-15-16(21)20(17(18)19-15)13-5-3-2-4-6-13/h2-11H,1H3,(H2,18,19)/b15-11-. The Kier molecular flexibility index (Phi) is 3.62. The number of ether oxygens (including phenoxy) is 1. The maximum absolute atomic E-state index is 12.5. The molecule has 0 radical (unpaired) electrons. The lowest BCUT2D eigenvalue weighted by atomic mass is 10.2. The highest BCUT2D eigenvalue weighted by Gasteiger charge is 2.29. The maximum atomic E-state index is 12.5. The van der Waals surface area contributed by atoms with Crippen molar-refractivity contribution < 1.29 is 9.53 Å². The number of anilines is 1. The number of nitrogens with zero attached hydrogens (tertiary/aromatic N) is 2. The van der Waals surface area contributed by atoms with Gasteiger partial charge in [0.25, 0.3) is 5.91 Å². The number of carbonyl (C=O) groups excluding carboxylic acids is 1. The number of methoxy groups -OCH3 is 1. The first-order valence-corrected chi connectivity index (χ1v) is 6.78. The van der Waals surface area contributed by atoms with Crippen LogP contribution in [0.1, 0.15) is 5.56 Å². The molecule has 0 atom stereocenters. The molecule has 1 aliphatic rings. The van der Waals surface area contributed by atoms with Gasteiger partial charge in [-0.15, -0.1) is 0 Å². The molecule has 110 valence electrons. The van der Waals surface area contributed by atoms with Gasteiger partial charge < -0.3 is 10.5 Å². The number of amides is 1. The van der Waals surface area contributed by atoms with Crippen molar-refractivity contribution in [2.24, 2.45) is 10.7 Å². The Morgan fingerprint density at radius 2 is 1.77 bits per heavy atom. The van der Waals surface area contributed by atoms with E-state index in [4.69, 9.17) is 10.5 Å². The average molecular weight is 293 g/mol. The zero-order valence-corrected chi connectivity index (χ0v) is 12.1. The lowest BCUT2D eigenvalue weighted by Gasteiger charge is -2.14. The van der Waals surface area contributed by atoms with Crippen molar-refractivity contribution in [1.29, 1.82) is 0 Å². The highest BCUT2D eigenvalue weighted by Crippen LogP contribution is 2.23. The van der Waals surface area contributed by atoms with Crippen molar-refractivity contribution in [1.82, 2.24) is 0 Å². The third kappa shape index (κ3) is 2.56. The van der Waals surface area contributed by atoms with E-state index in [0.29, 0.717) is 11.4 Å². The van der Waals surface area contributed by atoms with Gasteiger partial charge in [-0.1, -0.05) is 30.3 Å². The number of nitrogens with two attached hydrogens (primary N) is 1. The van der Waals surface area contributed by atoms with Gasteiger partial charge in [-0.2, -0.15) is 0 Å². The molecule has 0 fully saturated rings. The highest BCUT2D eigenvalue weighted by atomic mass is 16.5. The predicted octanol–water partition coefficient (Wildman–Crippen LogP) is 2.40. The quantitative estimate of drug-likeness (QED) is 0.884. The minimum atomic E-state index is -0.237. The van der Waals surface area contributed by atoms with Crippen molar-refractivity contribution in [3.63, 3.8) is 0 Å². The van der Waals surface area contributed by atoms with Crippen molar-refractivity contribution in [2.45, 2.75) is 0 Å². The number of para-hydroxylation sites is 1. The topological polar surface area (TPSA) is 67.9 Å². The summed E-state index contributed by atoms with van der Waals surface area (Å²) in [7, 11) is 1.61. The summed E-state index contributed by atoms with van der Waals surface area (Å²) in [6, 6.07) is 16.6. The molecule has 22 heavy (non-hydrogen) atoms. The Balaban J connectivity index is 1.90. The summed E-state index contributed by atoms with van der Waals surface area (Å²) >= 11 is 0. The summed E-state index contributed by atoms with van der Waals surface area (Å²) in [5, 5.41) is 0. The molecule has 0 aliphatic carbocycles. The zero-order valence-electron chi connectivity index (χ0n) is 12.1. The average Bonchev–Trinajstić information content (AvgIpc) is 2.83. The van der Waals surface area contributed by atoms with Crippen LogP contribution in [0.3, 0.4) is 0 Å². The van der Waals surface area contributed by atoms with E-state index in [1.54, 1.807) is 13.2 Å². The second kappa shape index (κ2) is 5.73. The first-order valence-electron chi connectivity index (χ1n) is 6.78. The molecule has 0 bridgehead atoms. The summed E-state index contributed by atoms with van der Waals surface area (Å²) in [6.45, 7) is 0. The van der Waals surface area contributed by atoms with Crippen LogP contribution >= 0.6 is 0 Å². The van der Waals surface area contributed by atoms with Crippen LogP contribution in [0.5, 0.6) is 5.75 Å². The fraction of sp³-hybridized carbons (Fsp3) is 0.0588. The summed E-state index contributed by atoms with van der Waals surface area (Å²) < 4.78 is 5.11. The van der Waals surface area contributed by atoms with E-state index in [-0.39, 0.29) is 11.9 Å². The van der Waals surface area contributed by atoms with E-state index in [2.05, 4.69) is 4.99 Å². The molecule has 2 aromatic rings. The molecule has 0 saturated heterocycles. The van der Waals surface area contributed by atoms with Crippen LogP contribution < -0.4 is 15.4 Å². The first kappa shape index (κ1) is 13.9. The monoisotopic (exact) mass is 293 g/mol. The molecule has 0 spiro atoms. The van der Waals surface area contributed by atoms with Gasteiger partial charge in [0.2, 0.25) is 5.96 Å². The number of rotatable bonds is 3. The van der Waals surface area contributed by atoms with Gasteiger partial charge in [-0.3, -0.25) is 4.79 Å². The molecule has 5 nitrogen and oxygen atoms in total. The third-order valence-corrected chi connectivity index (χ3v) is 3.32. The minimum Gasteiger partial charge on any atom is -0.497 e. The second-order valence-electron chi connectivity index (χ2n) is 4.75. The molecular weight excluding hydrogens is 278 g/mol. The van der Waals surface area contributed by atoms with Gasteiger partial charge in [-0.25, -0.2) is 9.89 Å². The van der Waals surface area contributed by atoms with E-state index in [0.717, 1.165) is 11.3 Å². The smallest absolute Gasteiger partial charge is 0.283 e. The molecule has 2 N–H and O–H groups in total. The van der Waals surface area contributed by atoms with Gasteiger partial charge >= 0.3 is 0 Å². The first-order chi connectivity index (χ1) is 10.7. The Bertz CT molecular complexity index is 749. The molecular formula is C17H15N3O2. The third-order valence-electron chi connectivity index (χ3n) is 3.32. The fourth-order valence-electron chi connectivity index (χ4n) is 2.22. The number of benzene rings is 2. The normalized spacial score (nSPS) is 16.0. The SMILES string of the molecule is COc1ccc(/C=C2\N=C(N)N(c3ccccc3)C2=O)cc1. The summed E-state index contributed by atoms with van der Waals surface area (Å²) in [5.41, 5.74) is 7.75. The van der Waals surface area contributed by atoms with Crippen LogP contribution in [0.2, 0.25) is 0 Å². The van der Waals surface area contributed by atoms with Gasteiger partial charge in [0.15, 0.2) is 0 Å². The van der Waals surface area contributed by atoms with Crippen LogP contribution in [0.25, 0.3) is 6.08 Å². The summed E-state index contributed by atoms with van der Waals surface area (Å²) in [4.78, 5) is 18.0. The van der Waals surface area contributed by atoms with Crippen molar-refractivity contribution in [2.75, 3.05) is 12.0 Å². The minimum absolute atomic E-state index is 0.177. The number of carbonyl (C=O) groups is 1. The van der Waals surface area contributed by atoms with Gasteiger partial charge in [-0.05, 0) is 35.9 Å². The molecule has 2 aromatic carbocycles. The van der Waals surface area contributed by atoms with Crippen LogP contribution in [0.15, 0.2) is 65.3 Å². The van der Waals surface area contributed by atoms with Crippen LogP contribution in [-0.4, -0.2) is 19.0 Å². The molecule has 1 amide bonds. The Labute approximate surface area is 128 Å². The van der Waals surface area contributed by atoms with Crippen LogP contribution in [0.4, 0.5) is 5.69 Å². The summed E-state index contributed by atoms with van der Waals surface area (Å²) in [6.07, 6.45) is 1.71. The van der Waals surface area contributed by atoms with Gasteiger partial charge in [0.1, 0.15) is 11.4 Å². The number of guanidine groups is 1. The Morgan fingerprint density at radius 1 is 1.09 bits per heavy atom. The summed E-state index contributed by atoms with van der Waals surface area (Å²) in [5.74, 6) is 0.698. The molecule has 3 rings (SSSR count). The van der Waals surface area contributed by atoms with Crippen molar-refractivity contribution in [3.8, 4) is 5.75 Å². The molecule has 0 aromatic heterocycles. The Morgan fingerprint density at radius 3 is 2.41 bits per heavy atom. The molecule has 5 heteroatoms. The van der Waals surface area contributed by atoms with Crippen molar-refractivity contribution >= 4 is 23.6 Å². The molecule has 0 unspecified atom stereocenters. The van der Waals surface area contributed by atoms with E-state index in [1.807, 2.05) is 54.6 Å².